The van der Waals surface area contributed by atoms with Crippen LogP contribution in [0, 0.1) is 23.7 Å². The van der Waals surface area contributed by atoms with Crippen LogP contribution in [-0.4, -0.2) is 157 Å². The fourth-order valence-corrected chi connectivity index (χ4v) is 7.16. The van der Waals surface area contributed by atoms with Crippen molar-refractivity contribution in [3.8, 4) is 23.7 Å². The summed E-state index contributed by atoms with van der Waals surface area (Å²) in [7, 11) is 1.53. The van der Waals surface area contributed by atoms with Crippen LogP contribution in [0.1, 0.15) is 94.4 Å². The van der Waals surface area contributed by atoms with Gasteiger partial charge in [0.2, 0.25) is 0 Å². The highest BCUT2D eigenvalue weighted by atomic mass is 35.5. The van der Waals surface area contributed by atoms with E-state index < -0.39 is 35.8 Å². The number of anilines is 2. The summed E-state index contributed by atoms with van der Waals surface area (Å²) in [6, 6.07) is -1.22. The van der Waals surface area contributed by atoms with Gasteiger partial charge in [-0.15, -0.1) is 29.3 Å². The number of carbonyl (C=O) groups is 4. The molecule has 370 valence electrons. The number of nitrogens with zero attached hydrogens (tertiary/aromatic N) is 7. The highest BCUT2D eigenvalue weighted by Crippen LogP contribution is 2.28. The van der Waals surface area contributed by atoms with Crippen LogP contribution in [0.3, 0.4) is 0 Å². The average Bonchev–Trinajstić information content (AvgIpc) is 3.85. The standard InChI is InChI=1S/C28H45N5O8.C17H21N5O3.ClH/c1-9-13-14-20-21(23(34)29-22(25(35)38-10-2)26(39-11-3)40-12-4)30-33(19-37-8)24(20)31-15-17-32(18-16-31)27(36)41-28(5,6)7;1-3-5-6-12-14-16(23)19-13(17(24)25-4-2)11-22(14)20-15(12)21-9-7-18-8-10-21;/h22,26H,10-12,14-19H2,1-8H3,(H,29,34);11,18H,4,6-10H2,1-2H3,(H,19,23);1H. The van der Waals surface area contributed by atoms with Gasteiger partial charge in [-0.25, -0.2) is 23.6 Å². The molecule has 0 aromatic carbocycles. The average molecular weight is 960 g/mol. The Morgan fingerprint density at radius 2 is 1.45 bits per heavy atom. The molecule has 0 bridgehead atoms. The van der Waals surface area contributed by atoms with Crippen LogP contribution in [0.4, 0.5) is 16.4 Å². The van der Waals surface area contributed by atoms with Gasteiger partial charge in [0.25, 0.3) is 11.5 Å². The lowest BCUT2D eigenvalue weighted by atomic mass is 10.1. The molecular formula is C45H67ClN10O11. The summed E-state index contributed by atoms with van der Waals surface area (Å²) < 4.78 is 35.3. The molecular weight excluding hydrogens is 892 g/mol. The maximum atomic E-state index is 13.7. The van der Waals surface area contributed by atoms with E-state index in [0.29, 0.717) is 49.5 Å². The van der Waals surface area contributed by atoms with Crippen LogP contribution in [0.2, 0.25) is 0 Å². The van der Waals surface area contributed by atoms with Gasteiger partial charge in [0, 0.05) is 96.7 Å². The van der Waals surface area contributed by atoms with Gasteiger partial charge in [-0.05, 0) is 62.3 Å². The van der Waals surface area contributed by atoms with Crippen molar-refractivity contribution in [2.45, 2.75) is 99.8 Å². The number of hydrogen-bond acceptors (Lipinski definition) is 16. The number of aromatic amines is 1. The molecule has 0 spiro atoms. The zero-order valence-electron chi connectivity index (χ0n) is 40.4. The minimum atomic E-state index is -1.22. The van der Waals surface area contributed by atoms with Crippen molar-refractivity contribution in [2.24, 2.45) is 0 Å². The van der Waals surface area contributed by atoms with Gasteiger partial charge in [-0.3, -0.25) is 9.59 Å². The van der Waals surface area contributed by atoms with Gasteiger partial charge in [0.05, 0.1) is 19.4 Å². The van der Waals surface area contributed by atoms with Gasteiger partial charge in [-0.1, -0.05) is 11.8 Å². The molecule has 0 saturated carbocycles. The minimum absolute atomic E-state index is 0. The number of methoxy groups -OCH3 is 1. The minimum Gasteiger partial charge on any atom is -0.464 e. The molecule has 0 radical (unpaired) electrons. The Morgan fingerprint density at radius 3 is 2.00 bits per heavy atom. The molecule has 3 N–H and O–H groups in total. The van der Waals surface area contributed by atoms with Crippen LogP contribution >= 0.6 is 12.4 Å². The first-order valence-electron chi connectivity index (χ1n) is 22.2. The van der Waals surface area contributed by atoms with Crippen LogP contribution < -0.4 is 26.0 Å². The van der Waals surface area contributed by atoms with Crippen LogP contribution in [0.25, 0.3) is 5.52 Å². The summed E-state index contributed by atoms with van der Waals surface area (Å²) in [5.74, 6) is 11.3. The first-order valence-corrected chi connectivity index (χ1v) is 22.2. The number of ether oxygens (including phenoxy) is 6. The Kier molecular flexibility index (Phi) is 22.4. The Balaban J connectivity index is 0.000000390. The summed E-state index contributed by atoms with van der Waals surface area (Å²) >= 11 is 0. The number of amides is 2. The topological polar surface area (TPSA) is 225 Å². The van der Waals surface area contributed by atoms with Crippen molar-refractivity contribution in [1.29, 1.82) is 0 Å². The molecule has 2 aliphatic rings. The lowest BCUT2D eigenvalue weighted by Gasteiger charge is -2.37. The highest BCUT2D eigenvalue weighted by Gasteiger charge is 2.36. The Bertz CT molecular complexity index is 2300. The second-order valence-electron chi connectivity index (χ2n) is 15.8. The summed E-state index contributed by atoms with van der Waals surface area (Å²) in [5, 5.41) is 15.2. The SMILES string of the molecule is CC#CCc1c(C(=O)NC(C(=O)OCC)C(OCC)OCC)nn(COC)c1N1CCN(C(=O)OC(C)(C)C)CC1.CC#CCc1c(N2CCNCC2)nn2cc(C(=O)OCC)[nH]c(=O)c12.Cl. The number of fused-ring (bicyclic) bond motifs is 1. The molecule has 3 aromatic heterocycles. The molecule has 5 rings (SSSR count). The second-order valence-corrected chi connectivity index (χ2v) is 15.8. The van der Waals surface area contributed by atoms with Crippen molar-refractivity contribution < 1.29 is 47.6 Å². The fraction of sp³-hybridized carbons (Fsp3) is 0.622. The molecule has 5 heterocycles. The predicted octanol–water partition coefficient (Wildman–Crippen LogP) is 2.77. The van der Waals surface area contributed by atoms with E-state index >= 15 is 0 Å². The Morgan fingerprint density at radius 1 is 0.836 bits per heavy atom. The Hall–Kier alpha value is -5.84. The molecule has 2 fully saturated rings. The van der Waals surface area contributed by atoms with Crippen molar-refractivity contribution in [1.82, 2.24) is 39.9 Å². The number of halogens is 1. The number of piperazine rings is 2. The van der Waals surface area contributed by atoms with Crippen molar-refractivity contribution in [2.75, 3.05) is 95.7 Å². The van der Waals surface area contributed by atoms with Crippen LogP contribution in [0.15, 0.2) is 11.0 Å². The first kappa shape index (κ1) is 55.5. The van der Waals surface area contributed by atoms with E-state index in [-0.39, 0.29) is 75.0 Å². The van der Waals surface area contributed by atoms with Gasteiger partial charge in [0.15, 0.2) is 23.8 Å². The summed E-state index contributed by atoms with van der Waals surface area (Å²) in [6.07, 6.45) is 0.746. The van der Waals surface area contributed by atoms with E-state index in [1.54, 1.807) is 51.1 Å². The van der Waals surface area contributed by atoms with Crippen LogP contribution in [0.5, 0.6) is 0 Å². The third-order valence-corrected chi connectivity index (χ3v) is 9.98. The third kappa shape index (κ3) is 15.1. The number of carbonyl (C=O) groups excluding carboxylic acids is 4. The second kappa shape index (κ2) is 27.1. The van der Waals surface area contributed by atoms with Crippen molar-refractivity contribution in [3.05, 3.63) is 39.1 Å². The normalized spacial score (nSPS) is 14.1. The number of rotatable bonds is 17. The van der Waals surface area contributed by atoms with Crippen molar-refractivity contribution >= 4 is 53.5 Å². The maximum absolute atomic E-state index is 13.7. The monoisotopic (exact) mass is 958 g/mol. The zero-order chi connectivity index (χ0) is 48.4. The van der Waals surface area contributed by atoms with E-state index in [0.717, 1.165) is 37.6 Å². The number of H-pyrrole nitrogens is 1. The zero-order valence-corrected chi connectivity index (χ0v) is 41.2. The number of aromatic nitrogens is 5. The molecule has 21 nitrogen and oxygen atoms in total. The van der Waals surface area contributed by atoms with E-state index in [2.05, 4.69) is 54.4 Å². The number of hydrogen-bond donors (Lipinski definition) is 3. The van der Waals surface area contributed by atoms with E-state index in [9.17, 15) is 24.0 Å². The highest BCUT2D eigenvalue weighted by molar-refractivity contribution is 5.98. The van der Waals surface area contributed by atoms with Gasteiger partial charge < -0.3 is 58.7 Å². The molecule has 1 atom stereocenters. The molecule has 22 heteroatoms. The quantitative estimate of drug-likeness (QED) is 0.0766. The summed E-state index contributed by atoms with van der Waals surface area (Å²) in [6.45, 7) is 21.9. The molecule has 1 unspecified atom stereocenters. The molecule has 3 aromatic rings. The molecule has 0 aliphatic carbocycles. The third-order valence-electron chi connectivity index (χ3n) is 9.98. The lowest BCUT2D eigenvalue weighted by molar-refractivity contribution is -0.177. The maximum Gasteiger partial charge on any atom is 0.410 e. The van der Waals surface area contributed by atoms with Crippen LogP contribution in [-0.2, 0) is 52.8 Å². The van der Waals surface area contributed by atoms with E-state index in [1.807, 2.05) is 25.7 Å². The van der Waals surface area contributed by atoms with Gasteiger partial charge >= 0.3 is 18.0 Å². The fourth-order valence-electron chi connectivity index (χ4n) is 7.16. The number of esters is 2. The Labute approximate surface area is 398 Å². The molecule has 2 aliphatic heterocycles. The van der Waals surface area contributed by atoms with E-state index in [4.69, 9.17) is 28.4 Å². The summed E-state index contributed by atoms with van der Waals surface area (Å²) in [4.78, 5) is 72.1. The van der Waals surface area contributed by atoms with Crippen molar-refractivity contribution in [3.63, 3.8) is 0 Å². The van der Waals surface area contributed by atoms with Gasteiger partial charge in [0.1, 0.15) is 29.4 Å². The van der Waals surface area contributed by atoms with Gasteiger partial charge in [-0.2, -0.15) is 5.10 Å². The molecule has 2 saturated heterocycles. The number of nitrogens with one attached hydrogen (secondary N) is 3. The smallest absolute Gasteiger partial charge is 0.410 e. The lowest BCUT2D eigenvalue weighted by Crippen LogP contribution is -2.52. The predicted molar refractivity (Wildman–Crippen MR) is 253 cm³/mol. The molecule has 2 amide bonds. The van der Waals surface area contributed by atoms with E-state index in [1.165, 1.54) is 17.8 Å². The first-order chi connectivity index (χ1) is 31.7. The summed E-state index contributed by atoms with van der Waals surface area (Å²) in [5.41, 5.74) is 0.998. The largest absolute Gasteiger partial charge is 0.464 e. The molecule has 67 heavy (non-hydrogen) atoms.